The Labute approximate surface area is 108 Å². The Bertz CT molecular complexity index is 393. The van der Waals surface area contributed by atoms with E-state index in [-0.39, 0.29) is 6.10 Å². The molecule has 98 valence electrons. The number of rotatable bonds is 5. The van der Waals surface area contributed by atoms with Crippen LogP contribution in [0.4, 0.5) is 0 Å². The maximum absolute atomic E-state index is 9.85. The summed E-state index contributed by atoms with van der Waals surface area (Å²) >= 11 is 0. The number of aliphatic hydroxyl groups is 1. The molecule has 1 aliphatic heterocycles. The number of aryl methyl sites for hydroxylation is 1. The summed E-state index contributed by atoms with van der Waals surface area (Å²) in [7, 11) is 0. The first kappa shape index (κ1) is 12.0. The van der Waals surface area contributed by atoms with Crippen molar-refractivity contribution in [1.82, 2.24) is 4.90 Å². The van der Waals surface area contributed by atoms with Gasteiger partial charge in [0.15, 0.2) is 0 Å². The van der Waals surface area contributed by atoms with Gasteiger partial charge in [0.2, 0.25) is 0 Å². The lowest BCUT2D eigenvalue weighted by atomic mass is 10.1. The summed E-state index contributed by atoms with van der Waals surface area (Å²) in [5.41, 5.74) is 1.25. The van der Waals surface area contributed by atoms with Crippen LogP contribution in [-0.4, -0.2) is 41.8 Å². The van der Waals surface area contributed by atoms with Gasteiger partial charge in [-0.05, 0) is 37.8 Å². The summed E-state index contributed by atoms with van der Waals surface area (Å²) in [6.07, 6.45) is 2.58. The van der Waals surface area contributed by atoms with Crippen molar-refractivity contribution < 1.29 is 9.84 Å². The van der Waals surface area contributed by atoms with Crippen LogP contribution in [0.1, 0.15) is 18.4 Å². The molecule has 0 spiro atoms. The lowest BCUT2D eigenvalue weighted by Crippen LogP contribution is -2.55. The Balaban J connectivity index is 1.40. The maximum atomic E-state index is 9.85. The van der Waals surface area contributed by atoms with Crippen LogP contribution >= 0.6 is 0 Å². The van der Waals surface area contributed by atoms with Gasteiger partial charge in [-0.2, -0.15) is 0 Å². The molecule has 1 saturated carbocycles. The highest BCUT2D eigenvalue weighted by atomic mass is 16.5. The van der Waals surface area contributed by atoms with Gasteiger partial charge >= 0.3 is 0 Å². The Morgan fingerprint density at radius 3 is 2.56 bits per heavy atom. The van der Waals surface area contributed by atoms with Crippen molar-refractivity contribution in [2.45, 2.75) is 32.0 Å². The molecule has 2 fully saturated rings. The van der Waals surface area contributed by atoms with E-state index in [0.29, 0.717) is 12.0 Å². The largest absolute Gasteiger partial charge is 0.488 e. The van der Waals surface area contributed by atoms with E-state index < -0.39 is 0 Å². The molecule has 0 radical (unpaired) electrons. The molecule has 0 bridgehead atoms. The molecular formula is C15H21NO2. The van der Waals surface area contributed by atoms with Crippen LogP contribution < -0.4 is 4.74 Å². The molecule has 1 atom stereocenters. The summed E-state index contributed by atoms with van der Waals surface area (Å²) in [6.45, 7) is 4.78. The molecule has 3 rings (SSSR count). The summed E-state index contributed by atoms with van der Waals surface area (Å²) in [6, 6.07) is 8.19. The normalized spacial score (nSPS) is 22.6. The second-order valence-corrected chi connectivity index (χ2v) is 5.68. The van der Waals surface area contributed by atoms with E-state index in [2.05, 4.69) is 24.0 Å². The van der Waals surface area contributed by atoms with Crippen molar-refractivity contribution >= 4 is 0 Å². The van der Waals surface area contributed by atoms with Gasteiger partial charge < -0.3 is 9.84 Å². The monoisotopic (exact) mass is 247 g/mol. The van der Waals surface area contributed by atoms with E-state index >= 15 is 0 Å². The third-order valence-electron chi connectivity index (χ3n) is 3.86. The number of β-amino-alcohol motifs (C(OH)–C–C–N with tert-alkyl or cyclic N) is 1. The Hall–Kier alpha value is -1.06. The van der Waals surface area contributed by atoms with Gasteiger partial charge in [0, 0.05) is 19.6 Å². The fraction of sp³-hybridized carbons (Fsp3) is 0.600. The summed E-state index contributed by atoms with van der Waals surface area (Å²) in [5, 5.41) is 9.85. The van der Waals surface area contributed by atoms with Crippen molar-refractivity contribution in [3.63, 3.8) is 0 Å². The predicted molar refractivity (Wildman–Crippen MR) is 70.8 cm³/mol. The summed E-state index contributed by atoms with van der Waals surface area (Å²) < 4.78 is 5.87. The number of likely N-dealkylation sites (tertiary alicyclic amines) is 1. The second-order valence-electron chi connectivity index (χ2n) is 5.68. The van der Waals surface area contributed by atoms with Crippen molar-refractivity contribution in [2.75, 3.05) is 19.6 Å². The minimum absolute atomic E-state index is 0.120. The van der Waals surface area contributed by atoms with Crippen LogP contribution in [0.3, 0.4) is 0 Å². The fourth-order valence-electron chi connectivity index (χ4n) is 2.45. The molecule has 2 aliphatic rings. The van der Waals surface area contributed by atoms with Gasteiger partial charge in [0.1, 0.15) is 11.9 Å². The highest BCUT2D eigenvalue weighted by Gasteiger charge is 2.35. The second kappa shape index (κ2) is 4.90. The molecule has 1 heterocycles. The van der Waals surface area contributed by atoms with Gasteiger partial charge in [-0.25, -0.2) is 0 Å². The number of ether oxygens (including phenoxy) is 1. The van der Waals surface area contributed by atoms with E-state index in [4.69, 9.17) is 4.74 Å². The first-order chi connectivity index (χ1) is 8.70. The SMILES string of the molecule is Cc1ccc(OC2CN(C[C@@H](O)C3CC3)C2)cc1. The molecular weight excluding hydrogens is 226 g/mol. The van der Waals surface area contributed by atoms with Gasteiger partial charge in [-0.1, -0.05) is 17.7 Å². The van der Waals surface area contributed by atoms with Gasteiger partial charge in [0.25, 0.3) is 0 Å². The van der Waals surface area contributed by atoms with E-state index in [9.17, 15) is 5.11 Å². The van der Waals surface area contributed by atoms with E-state index in [1.165, 1.54) is 18.4 Å². The number of benzene rings is 1. The van der Waals surface area contributed by atoms with Crippen LogP contribution in [0, 0.1) is 12.8 Å². The van der Waals surface area contributed by atoms with E-state index in [1.807, 2.05) is 12.1 Å². The molecule has 3 nitrogen and oxygen atoms in total. The average molecular weight is 247 g/mol. The van der Waals surface area contributed by atoms with E-state index in [1.54, 1.807) is 0 Å². The topological polar surface area (TPSA) is 32.7 Å². The molecule has 0 amide bonds. The van der Waals surface area contributed by atoms with Gasteiger partial charge in [-0.3, -0.25) is 4.90 Å². The lowest BCUT2D eigenvalue weighted by molar-refractivity contribution is -0.0124. The number of hydrogen-bond donors (Lipinski definition) is 1. The summed E-state index contributed by atoms with van der Waals surface area (Å²) in [4.78, 5) is 2.28. The van der Waals surface area contributed by atoms with Crippen LogP contribution in [0.25, 0.3) is 0 Å². The number of hydrogen-bond acceptors (Lipinski definition) is 3. The zero-order valence-electron chi connectivity index (χ0n) is 10.9. The molecule has 18 heavy (non-hydrogen) atoms. The lowest BCUT2D eigenvalue weighted by Gasteiger charge is -2.40. The van der Waals surface area contributed by atoms with Crippen LogP contribution in [0.5, 0.6) is 5.75 Å². The van der Waals surface area contributed by atoms with Crippen LogP contribution in [0.2, 0.25) is 0 Å². The molecule has 3 heteroatoms. The molecule has 1 aliphatic carbocycles. The van der Waals surface area contributed by atoms with Crippen molar-refractivity contribution in [2.24, 2.45) is 5.92 Å². The molecule has 0 unspecified atom stereocenters. The minimum atomic E-state index is -0.120. The smallest absolute Gasteiger partial charge is 0.124 e. The fourth-order valence-corrected chi connectivity index (χ4v) is 2.45. The minimum Gasteiger partial charge on any atom is -0.488 e. The van der Waals surface area contributed by atoms with Crippen LogP contribution in [0.15, 0.2) is 24.3 Å². The predicted octanol–water partition coefficient (Wildman–Crippen LogP) is 1.83. The summed E-state index contributed by atoms with van der Waals surface area (Å²) in [5.74, 6) is 1.52. The van der Waals surface area contributed by atoms with E-state index in [0.717, 1.165) is 25.4 Å². The standard InChI is InChI=1S/C15H21NO2/c1-11-2-6-13(7-3-11)18-14-8-16(9-14)10-15(17)12-4-5-12/h2-3,6-7,12,14-15,17H,4-5,8-10H2,1H3/t15-/m1/s1. The number of aliphatic hydroxyl groups excluding tert-OH is 1. The highest BCUT2D eigenvalue weighted by molar-refractivity contribution is 5.26. The zero-order valence-corrected chi connectivity index (χ0v) is 10.9. The first-order valence-corrected chi connectivity index (χ1v) is 6.84. The molecule has 0 aromatic heterocycles. The quantitative estimate of drug-likeness (QED) is 0.861. The van der Waals surface area contributed by atoms with Crippen molar-refractivity contribution in [3.05, 3.63) is 29.8 Å². The molecule has 1 aromatic carbocycles. The first-order valence-electron chi connectivity index (χ1n) is 6.84. The Morgan fingerprint density at radius 2 is 1.94 bits per heavy atom. The Morgan fingerprint density at radius 1 is 1.28 bits per heavy atom. The molecule has 1 aromatic rings. The number of nitrogens with zero attached hydrogens (tertiary/aromatic N) is 1. The highest BCUT2D eigenvalue weighted by Crippen LogP contribution is 2.33. The third kappa shape index (κ3) is 2.85. The van der Waals surface area contributed by atoms with Gasteiger partial charge in [-0.15, -0.1) is 0 Å². The van der Waals surface area contributed by atoms with Crippen molar-refractivity contribution in [1.29, 1.82) is 0 Å². The maximum Gasteiger partial charge on any atom is 0.124 e. The Kier molecular flexibility index (Phi) is 3.27. The zero-order chi connectivity index (χ0) is 12.5. The van der Waals surface area contributed by atoms with Crippen LogP contribution in [-0.2, 0) is 0 Å². The van der Waals surface area contributed by atoms with Gasteiger partial charge in [0.05, 0.1) is 6.10 Å². The third-order valence-corrected chi connectivity index (χ3v) is 3.86. The molecule has 1 N–H and O–H groups in total. The average Bonchev–Trinajstić information content (AvgIpc) is 3.12. The van der Waals surface area contributed by atoms with Crippen molar-refractivity contribution in [3.8, 4) is 5.75 Å². The molecule has 1 saturated heterocycles.